The molecule has 2 nitrogen and oxygen atoms in total. The van der Waals surface area contributed by atoms with Crippen LogP contribution in [-0.4, -0.2) is 9.38 Å². The molecule has 35 heavy (non-hydrogen) atoms. The number of aryl methyl sites for hydroxylation is 2. The van der Waals surface area contributed by atoms with E-state index in [1.54, 1.807) is 0 Å². The molecule has 7 aromatic rings. The molecule has 0 radical (unpaired) electrons. The lowest BCUT2D eigenvalue weighted by Gasteiger charge is -2.17. The number of rotatable bonds is 2. The first-order chi connectivity index (χ1) is 17.2. The summed E-state index contributed by atoms with van der Waals surface area (Å²) in [5.74, 6) is 0.809. The number of aromatic nitrogens is 2. The molecule has 1 aliphatic carbocycles. The maximum Gasteiger partial charge on any atom is 0.0823 e. The number of nitrogens with zero attached hydrogens (tertiary/aromatic N) is 2. The van der Waals surface area contributed by atoms with Crippen molar-refractivity contribution in [2.24, 2.45) is 5.92 Å². The van der Waals surface area contributed by atoms with E-state index in [1.807, 2.05) is 6.20 Å². The lowest BCUT2D eigenvalue weighted by Crippen LogP contribution is -2.02. The van der Waals surface area contributed by atoms with Gasteiger partial charge in [0.2, 0.25) is 0 Å². The van der Waals surface area contributed by atoms with E-state index < -0.39 is 0 Å². The van der Waals surface area contributed by atoms with Gasteiger partial charge in [-0.1, -0.05) is 79.8 Å². The number of para-hydroxylation sites is 1. The third-order valence-electron chi connectivity index (χ3n) is 8.75. The molecule has 170 valence electrons. The first-order valence-corrected chi connectivity index (χ1v) is 13.1. The Labute approximate surface area is 204 Å². The van der Waals surface area contributed by atoms with E-state index in [-0.39, 0.29) is 0 Å². The smallest absolute Gasteiger partial charge is 0.0823 e. The molecular formula is C33H28N2. The van der Waals surface area contributed by atoms with Crippen molar-refractivity contribution in [2.75, 3.05) is 0 Å². The summed E-state index contributed by atoms with van der Waals surface area (Å²) in [5.41, 5.74) is 9.35. The number of hydrogen-bond acceptors (Lipinski definition) is 1. The highest BCUT2D eigenvalue weighted by Crippen LogP contribution is 2.44. The minimum atomic E-state index is 0.809. The van der Waals surface area contributed by atoms with Gasteiger partial charge in [0.25, 0.3) is 0 Å². The second-order valence-corrected chi connectivity index (χ2v) is 10.8. The Hall–Kier alpha value is -3.65. The zero-order valence-corrected chi connectivity index (χ0v) is 20.4. The highest BCUT2D eigenvalue weighted by molar-refractivity contribution is 6.29. The lowest BCUT2D eigenvalue weighted by atomic mass is 9.96. The van der Waals surface area contributed by atoms with E-state index in [4.69, 9.17) is 4.98 Å². The third-order valence-corrected chi connectivity index (χ3v) is 8.75. The number of hydrogen-bond donors (Lipinski definition) is 0. The Kier molecular flexibility index (Phi) is 3.90. The van der Waals surface area contributed by atoms with Gasteiger partial charge in [-0.15, -0.1) is 0 Å². The van der Waals surface area contributed by atoms with E-state index in [0.29, 0.717) is 0 Å². The number of benzene rings is 4. The van der Waals surface area contributed by atoms with E-state index in [0.717, 1.165) is 11.4 Å². The van der Waals surface area contributed by atoms with Gasteiger partial charge in [0, 0.05) is 27.7 Å². The van der Waals surface area contributed by atoms with Crippen molar-refractivity contribution >= 4 is 59.8 Å². The fourth-order valence-electron chi connectivity index (χ4n) is 7.15. The van der Waals surface area contributed by atoms with E-state index in [2.05, 4.69) is 78.9 Å². The van der Waals surface area contributed by atoms with Crippen LogP contribution in [0.25, 0.3) is 59.8 Å². The zero-order chi connectivity index (χ0) is 23.3. The molecule has 0 spiro atoms. The van der Waals surface area contributed by atoms with Gasteiger partial charge in [0.15, 0.2) is 0 Å². The van der Waals surface area contributed by atoms with Crippen molar-refractivity contribution in [3.05, 3.63) is 83.6 Å². The SMILES string of the molecule is Cc1ccc2cc3c4nccc5ccc6c7cccc(CC8CCCC8)c7n(c3c(C)c2c1)c6c54. The van der Waals surface area contributed by atoms with Gasteiger partial charge in [0.05, 0.1) is 22.1 Å². The van der Waals surface area contributed by atoms with Crippen LogP contribution in [0.4, 0.5) is 0 Å². The van der Waals surface area contributed by atoms with Gasteiger partial charge >= 0.3 is 0 Å². The lowest BCUT2D eigenvalue weighted by molar-refractivity contribution is 0.548. The Bertz CT molecular complexity index is 1950. The molecule has 0 bridgehead atoms. The first kappa shape index (κ1) is 19.6. The highest BCUT2D eigenvalue weighted by atomic mass is 14.9. The molecular weight excluding hydrogens is 424 g/mol. The number of fused-ring (bicyclic) bond motifs is 7. The average molecular weight is 453 g/mol. The summed E-state index contributed by atoms with van der Waals surface area (Å²) >= 11 is 0. The summed E-state index contributed by atoms with van der Waals surface area (Å²) in [5, 5.41) is 9.20. The van der Waals surface area contributed by atoms with Crippen LogP contribution in [0.5, 0.6) is 0 Å². The standard InChI is InChI=1S/C33H28N2/c1-19-10-11-23-18-28-30-29-22(14-15-34-30)12-13-26-25-9-5-8-24(17-21-6-3-4-7-21)32(25)35(33(26)29)31(28)20(2)27(23)16-19/h5,8-16,18,21H,3-4,6-7,17H2,1-2H3. The van der Waals surface area contributed by atoms with Crippen molar-refractivity contribution < 1.29 is 0 Å². The topological polar surface area (TPSA) is 17.3 Å². The highest BCUT2D eigenvalue weighted by Gasteiger charge is 2.23. The Balaban J connectivity index is 1.66. The van der Waals surface area contributed by atoms with Gasteiger partial charge in [-0.2, -0.15) is 0 Å². The van der Waals surface area contributed by atoms with E-state index in [1.165, 1.54) is 103 Å². The molecule has 0 atom stereocenters. The summed E-state index contributed by atoms with van der Waals surface area (Å²) in [6.45, 7) is 4.50. The van der Waals surface area contributed by atoms with Crippen molar-refractivity contribution in [3.8, 4) is 0 Å². The van der Waals surface area contributed by atoms with E-state index in [9.17, 15) is 0 Å². The van der Waals surface area contributed by atoms with Crippen LogP contribution in [0.3, 0.4) is 0 Å². The molecule has 4 aromatic carbocycles. The molecule has 8 rings (SSSR count). The molecule has 0 unspecified atom stereocenters. The van der Waals surface area contributed by atoms with Crippen LogP contribution in [0, 0.1) is 19.8 Å². The molecule has 1 fully saturated rings. The molecule has 1 aliphatic rings. The van der Waals surface area contributed by atoms with Gasteiger partial charge in [-0.3, -0.25) is 4.98 Å². The maximum atomic E-state index is 4.99. The number of pyridine rings is 2. The third kappa shape index (κ3) is 2.57. The normalized spacial score (nSPS) is 15.3. The fourth-order valence-corrected chi connectivity index (χ4v) is 7.15. The molecule has 1 saturated carbocycles. The molecule has 0 N–H and O–H groups in total. The molecule has 0 aliphatic heterocycles. The Morgan fingerprint density at radius 1 is 0.771 bits per heavy atom. The first-order valence-electron chi connectivity index (χ1n) is 13.1. The summed E-state index contributed by atoms with van der Waals surface area (Å²) < 4.78 is 2.62. The van der Waals surface area contributed by atoms with Crippen molar-refractivity contribution in [2.45, 2.75) is 46.0 Å². The van der Waals surface area contributed by atoms with Gasteiger partial charge in [-0.25, -0.2) is 0 Å². The van der Waals surface area contributed by atoms with Crippen LogP contribution in [-0.2, 0) is 6.42 Å². The largest absolute Gasteiger partial charge is 0.307 e. The second kappa shape index (κ2) is 6.95. The van der Waals surface area contributed by atoms with Gasteiger partial charge < -0.3 is 4.40 Å². The van der Waals surface area contributed by atoms with Crippen LogP contribution >= 0.6 is 0 Å². The quantitative estimate of drug-likeness (QED) is 0.189. The monoisotopic (exact) mass is 452 g/mol. The summed E-state index contributed by atoms with van der Waals surface area (Å²) in [6, 6.07) is 23.0. The predicted octanol–water partition coefficient (Wildman–Crippen LogP) is 8.89. The van der Waals surface area contributed by atoms with Crippen molar-refractivity contribution in [1.29, 1.82) is 0 Å². The predicted molar refractivity (Wildman–Crippen MR) is 149 cm³/mol. The summed E-state index contributed by atoms with van der Waals surface area (Å²) in [6.07, 6.45) is 8.66. The van der Waals surface area contributed by atoms with Crippen molar-refractivity contribution in [1.82, 2.24) is 9.38 Å². The molecule has 3 heterocycles. The molecule has 2 heteroatoms. The average Bonchev–Trinajstić information content (AvgIpc) is 3.51. The molecule has 0 saturated heterocycles. The summed E-state index contributed by atoms with van der Waals surface area (Å²) in [4.78, 5) is 4.99. The van der Waals surface area contributed by atoms with Crippen LogP contribution in [0.2, 0.25) is 0 Å². The molecule has 0 amide bonds. The fraction of sp³-hybridized carbons (Fsp3) is 0.242. The Morgan fingerprint density at radius 2 is 1.60 bits per heavy atom. The van der Waals surface area contributed by atoms with Crippen LogP contribution in [0.15, 0.2) is 66.9 Å². The van der Waals surface area contributed by atoms with E-state index >= 15 is 0 Å². The molecule has 3 aromatic heterocycles. The zero-order valence-electron chi connectivity index (χ0n) is 20.4. The van der Waals surface area contributed by atoms with Crippen LogP contribution < -0.4 is 0 Å². The van der Waals surface area contributed by atoms with Gasteiger partial charge in [-0.05, 0) is 65.6 Å². The minimum Gasteiger partial charge on any atom is -0.307 e. The minimum absolute atomic E-state index is 0.809. The second-order valence-electron chi connectivity index (χ2n) is 10.8. The van der Waals surface area contributed by atoms with Crippen LogP contribution in [0.1, 0.15) is 42.4 Å². The Morgan fingerprint density at radius 3 is 2.49 bits per heavy atom. The summed E-state index contributed by atoms with van der Waals surface area (Å²) in [7, 11) is 0. The van der Waals surface area contributed by atoms with Crippen molar-refractivity contribution in [3.63, 3.8) is 0 Å². The van der Waals surface area contributed by atoms with Gasteiger partial charge in [0.1, 0.15) is 0 Å². The maximum absolute atomic E-state index is 4.99.